The molecule has 0 unspecified atom stereocenters. The first-order valence-corrected chi connectivity index (χ1v) is 9.05. The zero-order valence-electron chi connectivity index (χ0n) is 15.0. The molecule has 0 radical (unpaired) electrons. The fourth-order valence-corrected chi connectivity index (χ4v) is 2.77. The third kappa shape index (κ3) is 5.50. The van der Waals surface area contributed by atoms with E-state index in [0.717, 1.165) is 29.4 Å². The molecule has 5 heteroatoms. The molecule has 0 heterocycles. The summed E-state index contributed by atoms with van der Waals surface area (Å²) in [6.07, 6.45) is 0.908. The molecule has 0 aliphatic heterocycles. The van der Waals surface area contributed by atoms with Gasteiger partial charge in [0.15, 0.2) is 0 Å². The first-order chi connectivity index (χ1) is 13.1. The van der Waals surface area contributed by atoms with Gasteiger partial charge in [-0.3, -0.25) is 4.79 Å². The fourth-order valence-electron chi connectivity index (χ4n) is 2.64. The molecular weight excluding hydrogens is 360 g/mol. The fraction of sp³-hybridized carbons (Fsp3) is 0.136. The number of benzene rings is 3. The average Bonchev–Trinajstić information content (AvgIpc) is 2.71. The topological polar surface area (TPSA) is 50.4 Å². The van der Waals surface area contributed by atoms with Crippen molar-refractivity contribution in [3.05, 3.63) is 88.9 Å². The SMILES string of the molecule is COc1cccc(C(=O)Nc2ccc(NCCc3ccc(Cl)cc3)cc2)c1. The molecule has 0 aromatic heterocycles. The quantitative estimate of drug-likeness (QED) is 0.588. The van der Waals surface area contributed by atoms with E-state index in [1.807, 2.05) is 48.5 Å². The van der Waals surface area contributed by atoms with Crippen molar-refractivity contribution in [3.8, 4) is 5.75 Å². The number of anilines is 2. The summed E-state index contributed by atoms with van der Waals surface area (Å²) in [4.78, 5) is 12.3. The van der Waals surface area contributed by atoms with Crippen molar-refractivity contribution < 1.29 is 9.53 Å². The van der Waals surface area contributed by atoms with Crippen LogP contribution in [-0.2, 0) is 6.42 Å². The van der Waals surface area contributed by atoms with Crippen LogP contribution in [0.4, 0.5) is 11.4 Å². The Hall–Kier alpha value is -2.98. The molecule has 0 aliphatic rings. The molecule has 2 N–H and O–H groups in total. The van der Waals surface area contributed by atoms with Crippen molar-refractivity contribution in [2.45, 2.75) is 6.42 Å². The van der Waals surface area contributed by atoms with E-state index < -0.39 is 0 Å². The normalized spacial score (nSPS) is 10.3. The maximum absolute atomic E-state index is 12.3. The summed E-state index contributed by atoms with van der Waals surface area (Å²) in [5.74, 6) is 0.486. The second-order valence-electron chi connectivity index (χ2n) is 6.07. The second-order valence-corrected chi connectivity index (χ2v) is 6.50. The van der Waals surface area contributed by atoms with E-state index in [-0.39, 0.29) is 5.91 Å². The lowest BCUT2D eigenvalue weighted by atomic mass is 10.1. The zero-order chi connectivity index (χ0) is 19.1. The number of hydrogen-bond acceptors (Lipinski definition) is 3. The molecule has 3 aromatic rings. The van der Waals surface area contributed by atoms with Crippen molar-refractivity contribution >= 4 is 28.9 Å². The van der Waals surface area contributed by atoms with Gasteiger partial charge in [0, 0.05) is 28.5 Å². The molecule has 0 bridgehead atoms. The van der Waals surface area contributed by atoms with Crippen molar-refractivity contribution in [1.29, 1.82) is 0 Å². The molecule has 0 fully saturated rings. The van der Waals surface area contributed by atoms with Crippen LogP contribution in [0, 0.1) is 0 Å². The smallest absolute Gasteiger partial charge is 0.255 e. The molecule has 4 nitrogen and oxygen atoms in total. The number of amides is 1. The molecule has 27 heavy (non-hydrogen) atoms. The Balaban J connectivity index is 1.52. The minimum Gasteiger partial charge on any atom is -0.497 e. The van der Waals surface area contributed by atoms with E-state index >= 15 is 0 Å². The van der Waals surface area contributed by atoms with Crippen molar-refractivity contribution in [1.82, 2.24) is 0 Å². The Morgan fingerprint density at radius 3 is 2.37 bits per heavy atom. The first kappa shape index (κ1) is 18.8. The number of methoxy groups -OCH3 is 1. The molecule has 0 atom stereocenters. The number of carbonyl (C=O) groups excluding carboxylic acids is 1. The van der Waals surface area contributed by atoms with Crippen molar-refractivity contribution in [2.24, 2.45) is 0 Å². The Labute approximate surface area is 164 Å². The standard InChI is InChI=1S/C22H21ClN2O2/c1-27-21-4-2-3-17(15-21)22(26)25-20-11-9-19(10-12-20)24-14-13-16-5-7-18(23)8-6-16/h2-12,15,24H,13-14H2,1H3,(H,25,26). The van der Waals surface area contributed by atoms with Crippen LogP contribution in [0.15, 0.2) is 72.8 Å². The van der Waals surface area contributed by atoms with Gasteiger partial charge >= 0.3 is 0 Å². The van der Waals surface area contributed by atoms with Gasteiger partial charge in [-0.25, -0.2) is 0 Å². The van der Waals surface area contributed by atoms with E-state index in [9.17, 15) is 4.79 Å². The van der Waals surface area contributed by atoms with Crippen LogP contribution in [0.5, 0.6) is 5.75 Å². The van der Waals surface area contributed by atoms with E-state index in [0.29, 0.717) is 11.3 Å². The predicted octanol–water partition coefficient (Wildman–Crippen LogP) is 5.26. The van der Waals surface area contributed by atoms with E-state index in [2.05, 4.69) is 10.6 Å². The van der Waals surface area contributed by atoms with Gasteiger partial charge in [0.25, 0.3) is 5.91 Å². The lowest BCUT2D eigenvalue weighted by Gasteiger charge is -2.09. The predicted molar refractivity (Wildman–Crippen MR) is 111 cm³/mol. The van der Waals surface area contributed by atoms with E-state index in [1.54, 1.807) is 31.4 Å². The van der Waals surface area contributed by atoms with Crippen LogP contribution >= 0.6 is 11.6 Å². The highest BCUT2D eigenvalue weighted by Crippen LogP contribution is 2.17. The summed E-state index contributed by atoms with van der Waals surface area (Å²) < 4.78 is 5.15. The number of ether oxygens (including phenoxy) is 1. The summed E-state index contributed by atoms with van der Waals surface area (Å²) in [5.41, 5.74) is 3.53. The molecule has 3 aromatic carbocycles. The summed E-state index contributed by atoms with van der Waals surface area (Å²) in [6.45, 7) is 0.817. The van der Waals surface area contributed by atoms with Gasteiger partial charge in [-0.1, -0.05) is 29.8 Å². The van der Waals surface area contributed by atoms with Crippen LogP contribution < -0.4 is 15.4 Å². The van der Waals surface area contributed by atoms with Crippen LogP contribution in [0.3, 0.4) is 0 Å². The average molecular weight is 381 g/mol. The van der Waals surface area contributed by atoms with Gasteiger partial charge in [0.1, 0.15) is 5.75 Å². The molecule has 0 spiro atoms. The van der Waals surface area contributed by atoms with Crippen LogP contribution in [-0.4, -0.2) is 19.6 Å². The lowest BCUT2D eigenvalue weighted by Crippen LogP contribution is -2.12. The van der Waals surface area contributed by atoms with Crippen LogP contribution in [0.25, 0.3) is 0 Å². The summed E-state index contributed by atoms with van der Waals surface area (Å²) in [7, 11) is 1.58. The Morgan fingerprint density at radius 2 is 1.67 bits per heavy atom. The molecule has 0 aliphatic carbocycles. The monoisotopic (exact) mass is 380 g/mol. The molecule has 0 saturated heterocycles. The van der Waals surface area contributed by atoms with Gasteiger partial charge in [-0.2, -0.15) is 0 Å². The van der Waals surface area contributed by atoms with Gasteiger partial charge in [-0.05, 0) is 66.6 Å². The van der Waals surface area contributed by atoms with Gasteiger partial charge in [0.05, 0.1) is 7.11 Å². The zero-order valence-corrected chi connectivity index (χ0v) is 15.8. The van der Waals surface area contributed by atoms with Crippen LogP contribution in [0.2, 0.25) is 5.02 Å². The Kier molecular flexibility index (Phi) is 6.34. The highest BCUT2D eigenvalue weighted by atomic mass is 35.5. The van der Waals surface area contributed by atoms with Crippen molar-refractivity contribution in [2.75, 3.05) is 24.3 Å². The van der Waals surface area contributed by atoms with Gasteiger partial charge in [-0.15, -0.1) is 0 Å². The second kappa shape index (κ2) is 9.10. The minimum atomic E-state index is -0.169. The molecular formula is C22H21ClN2O2. The molecule has 1 amide bonds. The number of rotatable bonds is 7. The third-order valence-electron chi connectivity index (χ3n) is 4.13. The number of carbonyl (C=O) groups is 1. The van der Waals surface area contributed by atoms with E-state index in [4.69, 9.17) is 16.3 Å². The maximum Gasteiger partial charge on any atom is 0.255 e. The van der Waals surface area contributed by atoms with Crippen LogP contribution in [0.1, 0.15) is 15.9 Å². The first-order valence-electron chi connectivity index (χ1n) is 8.68. The number of halogens is 1. The summed E-state index contributed by atoms with van der Waals surface area (Å²) >= 11 is 5.89. The van der Waals surface area contributed by atoms with Gasteiger partial charge < -0.3 is 15.4 Å². The Bertz CT molecular complexity index is 893. The lowest BCUT2D eigenvalue weighted by molar-refractivity contribution is 0.102. The van der Waals surface area contributed by atoms with Gasteiger partial charge in [0.2, 0.25) is 0 Å². The van der Waals surface area contributed by atoms with Crippen molar-refractivity contribution in [3.63, 3.8) is 0 Å². The highest BCUT2D eigenvalue weighted by Gasteiger charge is 2.07. The Morgan fingerprint density at radius 1 is 0.963 bits per heavy atom. The molecule has 138 valence electrons. The molecule has 3 rings (SSSR count). The maximum atomic E-state index is 12.3. The summed E-state index contributed by atoms with van der Waals surface area (Å²) in [6, 6.07) is 22.6. The van der Waals surface area contributed by atoms with E-state index in [1.165, 1.54) is 5.56 Å². The minimum absolute atomic E-state index is 0.169. The third-order valence-corrected chi connectivity index (χ3v) is 4.38. The largest absolute Gasteiger partial charge is 0.497 e. The molecule has 0 saturated carbocycles. The number of hydrogen-bond donors (Lipinski definition) is 2. The number of nitrogens with one attached hydrogen (secondary N) is 2. The highest BCUT2D eigenvalue weighted by molar-refractivity contribution is 6.30. The summed E-state index contributed by atoms with van der Waals surface area (Å²) in [5, 5.41) is 7.01.